The summed E-state index contributed by atoms with van der Waals surface area (Å²) in [5.74, 6) is 0.000790. The van der Waals surface area contributed by atoms with Gasteiger partial charge in [0.2, 0.25) is 17.8 Å². The molecule has 1 amide bonds. The molecule has 0 saturated carbocycles. The van der Waals surface area contributed by atoms with E-state index >= 15 is 0 Å². The Morgan fingerprint density at radius 3 is 1.11 bits per heavy atom. The number of aromatic amines is 1. The first-order chi connectivity index (χ1) is 39.2. The van der Waals surface area contributed by atoms with Crippen molar-refractivity contribution in [2.75, 3.05) is 36.0 Å². The zero-order valence-electron chi connectivity index (χ0n) is 42.8. The Balaban J connectivity index is 0.000000160. The van der Waals surface area contributed by atoms with Gasteiger partial charge in [-0.15, -0.1) is 0 Å². The van der Waals surface area contributed by atoms with Crippen LogP contribution < -0.4 is 21.2 Å². The van der Waals surface area contributed by atoms with E-state index in [4.69, 9.17) is 25.5 Å². The SMILES string of the molecule is NC(=O)c1ccc(-n2cc(C(F)(F)F)nc2N2CCCCC2)cc1.[C-]#[N+]c1ccc(-n2cc(C(F)(F)F)[nH]c2=O)cc1.[C-]#[N+]c1ccc(-n2cc(C(F)(F)F)nc2Br)cc1.[C-]#[N+]c1ccc(-n2cc(C(F)(F)F)nc2N2CCCCC2)cc1. The number of benzene rings is 4. The van der Waals surface area contributed by atoms with E-state index in [1.54, 1.807) is 53.5 Å². The van der Waals surface area contributed by atoms with E-state index in [9.17, 15) is 62.3 Å². The van der Waals surface area contributed by atoms with Crippen molar-refractivity contribution >= 4 is 50.8 Å². The third-order valence-electron chi connectivity index (χ3n) is 12.4. The van der Waals surface area contributed by atoms with Gasteiger partial charge in [0.15, 0.2) is 38.9 Å². The fourth-order valence-electron chi connectivity index (χ4n) is 8.28. The first-order valence-corrected chi connectivity index (χ1v) is 25.4. The van der Waals surface area contributed by atoms with Crippen LogP contribution in [-0.4, -0.2) is 70.3 Å². The number of H-pyrrole nitrogens is 1. The Bertz CT molecular complexity index is 3690. The van der Waals surface area contributed by atoms with Gasteiger partial charge < -0.3 is 20.5 Å². The van der Waals surface area contributed by atoms with Crippen LogP contribution in [0.5, 0.6) is 0 Å². The van der Waals surface area contributed by atoms with Gasteiger partial charge in [-0.2, -0.15) is 52.7 Å². The predicted octanol–water partition coefficient (Wildman–Crippen LogP) is 14.4. The van der Waals surface area contributed by atoms with Crippen LogP contribution in [0.25, 0.3) is 37.3 Å². The number of hydrogen-bond donors (Lipinski definition) is 2. The summed E-state index contributed by atoms with van der Waals surface area (Å²) < 4.78 is 158. The molecule has 29 heteroatoms. The summed E-state index contributed by atoms with van der Waals surface area (Å²) in [6.07, 6.45) is -8.56. The Morgan fingerprint density at radius 2 is 0.795 bits per heavy atom. The molecule has 6 heterocycles. The summed E-state index contributed by atoms with van der Waals surface area (Å²) in [4.78, 5) is 48.7. The van der Waals surface area contributed by atoms with Crippen LogP contribution in [0.1, 0.15) is 71.7 Å². The number of rotatable bonds is 7. The third-order valence-corrected chi connectivity index (χ3v) is 13.0. The molecule has 4 aromatic carbocycles. The highest BCUT2D eigenvalue weighted by Gasteiger charge is 2.38. The topological polar surface area (TPSA) is 154 Å². The third kappa shape index (κ3) is 15.6. The van der Waals surface area contributed by atoms with E-state index in [0.29, 0.717) is 78.0 Å². The maximum absolute atomic E-state index is 13.1. The number of nitrogens with one attached hydrogen (secondary N) is 1. The van der Waals surface area contributed by atoms with E-state index in [0.717, 1.165) is 61.7 Å². The van der Waals surface area contributed by atoms with E-state index in [1.165, 1.54) is 62.2 Å². The molecule has 83 heavy (non-hydrogen) atoms. The number of alkyl halides is 12. The zero-order valence-corrected chi connectivity index (χ0v) is 44.4. The van der Waals surface area contributed by atoms with E-state index in [-0.39, 0.29) is 16.4 Å². The molecule has 432 valence electrons. The number of hydrogen-bond acceptors (Lipinski definition) is 7. The highest BCUT2D eigenvalue weighted by Crippen LogP contribution is 2.36. The second-order valence-electron chi connectivity index (χ2n) is 18.1. The lowest BCUT2D eigenvalue weighted by Crippen LogP contribution is -2.31. The Hall–Kier alpha value is -9.30. The van der Waals surface area contributed by atoms with Gasteiger partial charge in [-0.1, -0.05) is 36.4 Å². The highest BCUT2D eigenvalue weighted by molar-refractivity contribution is 9.10. The second kappa shape index (κ2) is 25.7. The molecule has 3 N–H and O–H groups in total. The van der Waals surface area contributed by atoms with E-state index in [1.807, 2.05) is 9.80 Å². The average Bonchev–Trinajstić information content (AvgIpc) is 4.32. The van der Waals surface area contributed by atoms with Crippen LogP contribution >= 0.6 is 15.9 Å². The summed E-state index contributed by atoms with van der Waals surface area (Å²) in [5, 5.41) is 0. The van der Waals surface area contributed by atoms with Crippen LogP contribution in [0.2, 0.25) is 0 Å². The molecule has 2 aliphatic rings. The van der Waals surface area contributed by atoms with Crippen LogP contribution in [0.3, 0.4) is 0 Å². The molecule has 0 spiro atoms. The maximum atomic E-state index is 13.1. The molecule has 10 rings (SSSR count). The number of amides is 1. The lowest BCUT2D eigenvalue weighted by Gasteiger charge is -2.28. The fourth-order valence-corrected chi connectivity index (χ4v) is 8.78. The second-order valence-corrected chi connectivity index (χ2v) is 18.8. The Morgan fingerprint density at radius 1 is 0.470 bits per heavy atom. The molecule has 8 aromatic rings. The minimum atomic E-state index is -4.60. The van der Waals surface area contributed by atoms with Crippen molar-refractivity contribution in [3.05, 3.63) is 200 Å². The first-order valence-electron chi connectivity index (χ1n) is 24.6. The van der Waals surface area contributed by atoms with Gasteiger partial charge >= 0.3 is 30.4 Å². The predicted molar refractivity (Wildman–Crippen MR) is 284 cm³/mol. The van der Waals surface area contributed by atoms with Crippen molar-refractivity contribution in [1.82, 2.24) is 38.2 Å². The maximum Gasteiger partial charge on any atom is 0.434 e. The molecular formula is C54H43BrF12N14O2. The van der Waals surface area contributed by atoms with Crippen molar-refractivity contribution in [1.29, 1.82) is 0 Å². The summed E-state index contributed by atoms with van der Waals surface area (Å²) >= 11 is 2.97. The van der Waals surface area contributed by atoms with Gasteiger partial charge in [0.05, 0.1) is 19.7 Å². The fraction of sp³-hybridized carbons (Fsp3) is 0.259. The van der Waals surface area contributed by atoms with E-state index < -0.39 is 59.1 Å². The largest absolute Gasteiger partial charge is 0.434 e. The molecule has 16 nitrogen and oxygen atoms in total. The number of primary amides is 1. The normalized spacial score (nSPS) is 13.7. The minimum absolute atomic E-state index is 0.0605. The average molecular weight is 1230 g/mol. The molecule has 0 bridgehead atoms. The van der Waals surface area contributed by atoms with Crippen molar-refractivity contribution in [2.24, 2.45) is 5.73 Å². The molecule has 0 unspecified atom stereocenters. The van der Waals surface area contributed by atoms with Crippen LogP contribution in [-0.2, 0) is 24.7 Å². The van der Waals surface area contributed by atoms with Crippen LogP contribution in [0.15, 0.2) is 131 Å². The van der Waals surface area contributed by atoms with Crippen molar-refractivity contribution in [3.8, 4) is 22.7 Å². The number of carbonyl (C=O) groups is 1. The molecule has 0 atom stereocenters. The van der Waals surface area contributed by atoms with Gasteiger partial charge in [0.25, 0.3) is 0 Å². The van der Waals surface area contributed by atoms with Crippen molar-refractivity contribution in [3.63, 3.8) is 0 Å². The first kappa shape index (κ1) is 61.3. The monoisotopic (exact) mass is 1230 g/mol. The minimum Gasteiger partial charge on any atom is -0.366 e. The number of aromatic nitrogens is 8. The van der Waals surface area contributed by atoms with Crippen molar-refractivity contribution in [2.45, 2.75) is 63.2 Å². The van der Waals surface area contributed by atoms with Gasteiger partial charge in [-0.3, -0.25) is 23.1 Å². The van der Waals surface area contributed by atoms with Gasteiger partial charge in [0.1, 0.15) is 5.69 Å². The number of imidazole rings is 4. The lowest BCUT2D eigenvalue weighted by atomic mass is 10.1. The molecule has 2 fully saturated rings. The number of carbonyl (C=O) groups excluding carboxylic acids is 1. The number of nitrogens with two attached hydrogens (primary N) is 1. The van der Waals surface area contributed by atoms with Crippen molar-refractivity contribution < 1.29 is 57.5 Å². The number of nitrogens with zero attached hydrogens (tertiary/aromatic N) is 12. The van der Waals surface area contributed by atoms with Gasteiger partial charge in [-0.25, -0.2) is 34.3 Å². The number of piperidine rings is 2. The number of halogens is 13. The lowest BCUT2D eigenvalue weighted by molar-refractivity contribution is -0.141. The molecular weight excluding hydrogens is 1180 g/mol. The molecule has 2 saturated heterocycles. The summed E-state index contributed by atoms with van der Waals surface area (Å²) in [7, 11) is 0. The number of anilines is 2. The molecule has 0 aliphatic carbocycles. The molecule has 4 aromatic heterocycles. The summed E-state index contributed by atoms with van der Waals surface area (Å²) in [6.45, 7) is 23.3. The van der Waals surface area contributed by atoms with Gasteiger partial charge in [-0.05, 0) is 115 Å². The summed E-state index contributed by atoms with van der Waals surface area (Å²) in [5.41, 5.74) is 3.77. The highest BCUT2D eigenvalue weighted by atomic mass is 79.9. The zero-order chi connectivity index (χ0) is 60.4. The van der Waals surface area contributed by atoms with E-state index in [2.05, 4.69) is 45.4 Å². The smallest absolute Gasteiger partial charge is 0.366 e. The van der Waals surface area contributed by atoms with Crippen LogP contribution in [0, 0.1) is 19.7 Å². The standard InChI is InChI=1S/C16H17F3N4O.C16H15F3N4.C11H5BrF3N3.C11H6F3N3O/c17-16(18,19)13-10-23(12-6-4-11(5-7-12)14(20)24)15(21-13)22-8-2-1-3-9-22;1-20-12-5-7-13(8-6-12)23-11-14(16(17,18)19)21-15(23)22-9-3-2-4-10-22;1-16-7-2-4-8(5-3-7)18-6-9(11(13,14)15)17-10(18)12;1-15-7-2-4-8(5-3-7)17-6-9(11(12,13)14)16-10(17)18/h4-7,10H,1-3,8-9H2,(H2,20,24);5-8,11H,2-4,9-10H2;2-6H;2-6H,(H,16,18). The van der Waals surface area contributed by atoms with Gasteiger partial charge in [0, 0.05) is 79.3 Å². The quantitative estimate of drug-likeness (QED) is 0.119. The van der Waals surface area contributed by atoms with Crippen LogP contribution in [0.4, 0.5) is 81.6 Å². The molecule has 2 aliphatic heterocycles. The Kier molecular flexibility index (Phi) is 19.0. The molecule has 0 radical (unpaired) electrons. The summed E-state index contributed by atoms with van der Waals surface area (Å²) in [6, 6.07) is 24.4. The Labute approximate surface area is 472 Å².